The molecule has 0 amide bonds. The van der Waals surface area contributed by atoms with E-state index in [0.717, 1.165) is 34.0 Å². The molecule has 0 atom stereocenters. The predicted molar refractivity (Wildman–Crippen MR) is 81.7 cm³/mol. The molecule has 0 saturated carbocycles. The van der Waals surface area contributed by atoms with Gasteiger partial charge in [-0.05, 0) is 36.8 Å². The van der Waals surface area contributed by atoms with Crippen molar-refractivity contribution in [3.63, 3.8) is 0 Å². The van der Waals surface area contributed by atoms with Crippen LogP contribution >= 0.6 is 0 Å². The van der Waals surface area contributed by atoms with Gasteiger partial charge in [-0.1, -0.05) is 18.2 Å². The van der Waals surface area contributed by atoms with Gasteiger partial charge in [-0.25, -0.2) is 4.98 Å². The van der Waals surface area contributed by atoms with Gasteiger partial charge in [0.2, 0.25) is 0 Å². The first kappa shape index (κ1) is 13.6. The highest BCUT2D eigenvalue weighted by Crippen LogP contribution is 2.20. The normalized spacial score (nSPS) is 11.0. The Morgan fingerprint density at radius 3 is 2.76 bits per heavy atom. The van der Waals surface area contributed by atoms with Gasteiger partial charge < -0.3 is 9.84 Å². The van der Waals surface area contributed by atoms with Crippen LogP contribution in [0.15, 0.2) is 42.5 Å². The monoisotopic (exact) mass is 282 g/mol. The number of hydrogen-bond acceptors (Lipinski definition) is 3. The molecular formula is C17H18N2O2. The Morgan fingerprint density at radius 1 is 1.19 bits per heavy atom. The van der Waals surface area contributed by atoms with Gasteiger partial charge in [-0.2, -0.15) is 0 Å². The minimum absolute atomic E-state index is 0.0225. The maximum absolute atomic E-state index is 9.72. The van der Waals surface area contributed by atoms with Crippen LogP contribution in [0.25, 0.3) is 5.65 Å². The molecule has 1 aromatic carbocycles. The third-order valence-corrected chi connectivity index (χ3v) is 3.67. The fourth-order valence-electron chi connectivity index (χ4n) is 2.65. The molecule has 4 heteroatoms. The first-order chi connectivity index (χ1) is 10.2. The summed E-state index contributed by atoms with van der Waals surface area (Å²) >= 11 is 0. The van der Waals surface area contributed by atoms with E-state index in [9.17, 15) is 5.11 Å². The zero-order chi connectivity index (χ0) is 14.8. The molecule has 0 unspecified atom stereocenters. The van der Waals surface area contributed by atoms with Crippen molar-refractivity contribution in [1.82, 2.24) is 9.38 Å². The molecule has 0 saturated heterocycles. The van der Waals surface area contributed by atoms with E-state index in [1.807, 2.05) is 53.8 Å². The van der Waals surface area contributed by atoms with Crippen molar-refractivity contribution in [3.8, 4) is 5.75 Å². The molecule has 0 aliphatic heterocycles. The van der Waals surface area contributed by atoms with E-state index < -0.39 is 0 Å². The number of fused-ring (bicyclic) bond motifs is 1. The Bertz CT molecular complexity index is 778. The van der Waals surface area contributed by atoms with E-state index in [4.69, 9.17) is 4.74 Å². The smallest absolute Gasteiger partial charge is 0.137 e. The Hall–Kier alpha value is -2.33. The van der Waals surface area contributed by atoms with Crippen LogP contribution in [0.3, 0.4) is 0 Å². The van der Waals surface area contributed by atoms with Gasteiger partial charge in [0.25, 0.3) is 0 Å². The second kappa shape index (κ2) is 5.58. The molecule has 0 fully saturated rings. The van der Waals surface area contributed by atoms with Gasteiger partial charge >= 0.3 is 0 Å². The highest BCUT2D eigenvalue weighted by atomic mass is 16.5. The summed E-state index contributed by atoms with van der Waals surface area (Å²) < 4.78 is 7.26. The molecule has 2 aromatic heterocycles. The summed E-state index contributed by atoms with van der Waals surface area (Å²) in [4.78, 5) is 4.66. The molecule has 0 bridgehead atoms. The van der Waals surface area contributed by atoms with Gasteiger partial charge in [-0.3, -0.25) is 4.40 Å². The molecular weight excluding hydrogens is 264 g/mol. The third kappa shape index (κ3) is 2.50. The van der Waals surface area contributed by atoms with Crippen LogP contribution in [-0.2, 0) is 13.0 Å². The highest BCUT2D eigenvalue weighted by molar-refractivity contribution is 5.46. The summed E-state index contributed by atoms with van der Waals surface area (Å²) in [6, 6.07) is 13.9. The third-order valence-electron chi connectivity index (χ3n) is 3.67. The standard InChI is InChI=1S/C17H18N2O2/c1-12-5-3-8-17-18-15(16(11-20)19(12)17)10-13-6-4-7-14(9-13)21-2/h3-9,20H,10-11H2,1-2H3. The Labute approximate surface area is 123 Å². The summed E-state index contributed by atoms with van der Waals surface area (Å²) in [6.07, 6.45) is 0.675. The SMILES string of the molecule is COc1cccc(Cc2nc3cccc(C)n3c2CO)c1. The van der Waals surface area contributed by atoms with Crippen molar-refractivity contribution in [2.75, 3.05) is 7.11 Å². The zero-order valence-electron chi connectivity index (χ0n) is 12.2. The van der Waals surface area contributed by atoms with Crippen molar-refractivity contribution in [2.24, 2.45) is 0 Å². The van der Waals surface area contributed by atoms with Gasteiger partial charge in [0, 0.05) is 12.1 Å². The molecule has 0 aliphatic carbocycles. The number of aromatic nitrogens is 2. The van der Waals surface area contributed by atoms with Crippen molar-refractivity contribution in [1.29, 1.82) is 0 Å². The van der Waals surface area contributed by atoms with E-state index in [0.29, 0.717) is 6.42 Å². The van der Waals surface area contributed by atoms with Crippen molar-refractivity contribution < 1.29 is 9.84 Å². The largest absolute Gasteiger partial charge is 0.497 e. The highest BCUT2D eigenvalue weighted by Gasteiger charge is 2.13. The van der Waals surface area contributed by atoms with Crippen LogP contribution < -0.4 is 4.74 Å². The number of rotatable bonds is 4. The lowest BCUT2D eigenvalue weighted by Crippen LogP contribution is -2.00. The van der Waals surface area contributed by atoms with Gasteiger partial charge in [0.05, 0.1) is 25.1 Å². The summed E-state index contributed by atoms with van der Waals surface area (Å²) in [6.45, 7) is 1.99. The van der Waals surface area contributed by atoms with Crippen LogP contribution in [0.2, 0.25) is 0 Å². The van der Waals surface area contributed by atoms with Crippen molar-refractivity contribution in [3.05, 3.63) is 65.1 Å². The zero-order valence-corrected chi connectivity index (χ0v) is 12.2. The van der Waals surface area contributed by atoms with E-state index in [2.05, 4.69) is 4.98 Å². The number of methoxy groups -OCH3 is 1. The van der Waals surface area contributed by atoms with Crippen LogP contribution in [0.4, 0.5) is 0 Å². The lowest BCUT2D eigenvalue weighted by molar-refractivity contribution is 0.274. The molecule has 2 heterocycles. The Balaban J connectivity index is 2.06. The quantitative estimate of drug-likeness (QED) is 0.800. The maximum atomic E-state index is 9.72. The van der Waals surface area contributed by atoms with Gasteiger partial charge in [0.1, 0.15) is 11.4 Å². The first-order valence-electron chi connectivity index (χ1n) is 6.92. The lowest BCUT2D eigenvalue weighted by atomic mass is 10.1. The maximum Gasteiger partial charge on any atom is 0.137 e. The molecule has 3 aromatic rings. The minimum Gasteiger partial charge on any atom is -0.497 e. The fraction of sp³-hybridized carbons (Fsp3) is 0.235. The molecule has 3 rings (SSSR count). The number of ether oxygens (including phenoxy) is 1. The number of pyridine rings is 1. The lowest BCUT2D eigenvalue weighted by Gasteiger charge is -2.06. The number of aliphatic hydroxyl groups excluding tert-OH is 1. The number of hydrogen-bond donors (Lipinski definition) is 1. The second-order valence-electron chi connectivity index (χ2n) is 5.05. The van der Waals surface area contributed by atoms with Crippen LogP contribution in [-0.4, -0.2) is 21.6 Å². The minimum atomic E-state index is -0.0225. The summed E-state index contributed by atoms with van der Waals surface area (Å²) in [5, 5.41) is 9.72. The van der Waals surface area contributed by atoms with Gasteiger partial charge in [0.15, 0.2) is 0 Å². The Morgan fingerprint density at radius 2 is 2.00 bits per heavy atom. The van der Waals surface area contributed by atoms with Crippen molar-refractivity contribution in [2.45, 2.75) is 20.0 Å². The average Bonchev–Trinajstić information content (AvgIpc) is 2.86. The average molecular weight is 282 g/mol. The van der Waals surface area contributed by atoms with Crippen LogP contribution in [0, 0.1) is 6.92 Å². The van der Waals surface area contributed by atoms with Crippen LogP contribution in [0.1, 0.15) is 22.6 Å². The number of benzene rings is 1. The van der Waals surface area contributed by atoms with E-state index in [1.165, 1.54) is 0 Å². The molecule has 1 N–H and O–H groups in total. The Kier molecular flexibility index (Phi) is 3.62. The summed E-state index contributed by atoms with van der Waals surface area (Å²) in [5.74, 6) is 0.831. The molecule has 108 valence electrons. The summed E-state index contributed by atoms with van der Waals surface area (Å²) in [7, 11) is 1.66. The van der Waals surface area contributed by atoms with Gasteiger partial charge in [-0.15, -0.1) is 0 Å². The number of aliphatic hydroxyl groups is 1. The molecule has 0 spiro atoms. The van der Waals surface area contributed by atoms with E-state index in [-0.39, 0.29) is 6.61 Å². The number of imidazole rings is 1. The summed E-state index contributed by atoms with van der Waals surface area (Å²) in [5.41, 5.74) is 4.81. The first-order valence-corrected chi connectivity index (χ1v) is 6.92. The molecule has 21 heavy (non-hydrogen) atoms. The fourth-order valence-corrected chi connectivity index (χ4v) is 2.65. The van der Waals surface area contributed by atoms with E-state index in [1.54, 1.807) is 7.11 Å². The van der Waals surface area contributed by atoms with E-state index >= 15 is 0 Å². The predicted octanol–water partition coefficient (Wildman–Crippen LogP) is 2.73. The number of aryl methyl sites for hydroxylation is 1. The molecule has 4 nitrogen and oxygen atoms in total. The second-order valence-corrected chi connectivity index (χ2v) is 5.05. The molecule has 0 aliphatic rings. The van der Waals surface area contributed by atoms with Crippen molar-refractivity contribution >= 4 is 5.65 Å². The topological polar surface area (TPSA) is 46.8 Å². The molecule has 0 radical (unpaired) electrons. The number of nitrogens with zero attached hydrogens (tertiary/aromatic N) is 2. The van der Waals surface area contributed by atoms with Crippen LogP contribution in [0.5, 0.6) is 5.75 Å².